The van der Waals surface area contributed by atoms with E-state index in [9.17, 15) is 0 Å². The fourth-order valence-corrected chi connectivity index (χ4v) is 1.69. The number of benzene rings is 1. The molecule has 68 valence electrons. The van der Waals surface area contributed by atoms with Gasteiger partial charge in [0.25, 0.3) is 0 Å². The summed E-state index contributed by atoms with van der Waals surface area (Å²) in [6.07, 6.45) is 3.14. The van der Waals surface area contributed by atoms with Crippen molar-refractivity contribution in [2.24, 2.45) is 7.05 Å². The molecule has 0 amide bonds. The van der Waals surface area contributed by atoms with Gasteiger partial charge in [-0.05, 0) is 24.5 Å². The molecule has 2 aromatic rings. The number of hydrogen-bond acceptors (Lipinski definition) is 1. The van der Waals surface area contributed by atoms with Gasteiger partial charge in [-0.2, -0.15) is 5.10 Å². The topological polar surface area (TPSA) is 17.8 Å². The third kappa shape index (κ3) is 1.22. The number of rotatable bonds is 1. The fourth-order valence-electron chi connectivity index (χ4n) is 1.69. The molecule has 0 bridgehead atoms. The van der Waals surface area contributed by atoms with E-state index in [0.717, 1.165) is 11.9 Å². The highest BCUT2D eigenvalue weighted by atomic mass is 15.2. The van der Waals surface area contributed by atoms with E-state index in [1.165, 1.54) is 16.5 Å². The molecule has 0 unspecified atom stereocenters. The molecular weight excluding hydrogens is 160 g/mol. The van der Waals surface area contributed by atoms with Crippen LogP contribution in [0.4, 0.5) is 0 Å². The van der Waals surface area contributed by atoms with Gasteiger partial charge >= 0.3 is 0 Å². The molecular formula is C11H14N2. The molecule has 2 rings (SSSR count). The Morgan fingerprint density at radius 2 is 2.15 bits per heavy atom. The van der Waals surface area contributed by atoms with Crippen LogP contribution in [0.2, 0.25) is 0 Å². The maximum atomic E-state index is 4.46. The van der Waals surface area contributed by atoms with E-state index < -0.39 is 0 Å². The lowest BCUT2D eigenvalue weighted by Crippen LogP contribution is -1.87. The molecule has 0 N–H and O–H groups in total. The normalized spacial score (nSPS) is 11.0. The summed E-state index contributed by atoms with van der Waals surface area (Å²) >= 11 is 0. The number of nitrogens with zero attached hydrogens (tertiary/aromatic N) is 2. The molecule has 0 saturated heterocycles. The van der Waals surface area contributed by atoms with Gasteiger partial charge in [-0.3, -0.25) is 4.68 Å². The van der Waals surface area contributed by atoms with E-state index in [1.54, 1.807) is 0 Å². The van der Waals surface area contributed by atoms with Crippen LogP contribution in [-0.4, -0.2) is 9.78 Å². The van der Waals surface area contributed by atoms with Crippen LogP contribution < -0.4 is 0 Å². The molecule has 0 radical (unpaired) electrons. The first-order chi connectivity index (χ1) is 6.22. The van der Waals surface area contributed by atoms with Crippen molar-refractivity contribution < 1.29 is 0 Å². The van der Waals surface area contributed by atoms with Gasteiger partial charge in [0.2, 0.25) is 0 Å². The minimum Gasteiger partial charge on any atom is -0.275 e. The van der Waals surface area contributed by atoms with E-state index in [0.29, 0.717) is 0 Å². The lowest BCUT2D eigenvalue weighted by Gasteiger charge is -1.99. The largest absolute Gasteiger partial charge is 0.275 e. The van der Waals surface area contributed by atoms with Crippen LogP contribution in [0.1, 0.15) is 18.1 Å². The van der Waals surface area contributed by atoms with E-state index in [1.807, 2.05) is 11.7 Å². The Hall–Kier alpha value is -1.31. The first-order valence-corrected chi connectivity index (χ1v) is 4.64. The van der Waals surface area contributed by atoms with Crippen molar-refractivity contribution >= 4 is 10.9 Å². The Bertz CT molecular complexity index is 441. The van der Waals surface area contributed by atoms with Gasteiger partial charge in [-0.25, -0.2) is 0 Å². The smallest absolute Gasteiger partial charge is 0.0957 e. The highest BCUT2D eigenvalue weighted by Gasteiger charge is 2.05. The molecule has 0 spiro atoms. The van der Waals surface area contributed by atoms with Crippen LogP contribution in [0.3, 0.4) is 0 Å². The summed E-state index contributed by atoms with van der Waals surface area (Å²) in [5.41, 5.74) is 3.80. The van der Waals surface area contributed by atoms with Crippen LogP contribution >= 0.6 is 0 Å². The zero-order chi connectivity index (χ0) is 9.42. The summed E-state index contributed by atoms with van der Waals surface area (Å²) in [5, 5.41) is 5.74. The van der Waals surface area contributed by atoms with Crippen LogP contribution in [0.25, 0.3) is 10.9 Å². The molecule has 2 heteroatoms. The van der Waals surface area contributed by atoms with Crippen molar-refractivity contribution in [3.05, 3.63) is 29.5 Å². The number of hydrogen-bond donors (Lipinski definition) is 0. The van der Waals surface area contributed by atoms with Gasteiger partial charge in [-0.1, -0.05) is 19.1 Å². The van der Waals surface area contributed by atoms with E-state index in [4.69, 9.17) is 0 Å². The zero-order valence-corrected chi connectivity index (χ0v) is 8.33. The van der Waals surface area contributed by atoms with Gasteiger partial charge in [0.05, 0.1) is 5.52 Å². The number of aromatic nitrogens is 2. The minimum absolute atomic E-state index is 1.05. The standard InChI is InChI=1S/C11H14N2/c1-4-9-6-5-8(2)10-7-13(3)12-11(9)10/h5-7H,4H2,1-3H3. The highest BCUT2D eigenvalue weighted by Crippen LogP contribution is 2.20. The molecule has 0 aliphatic heterocycles. The minimum atomic E-state index is 1.05. The van der Waals surface area contributed by atoms with Crippen LogP contribution in [0.5, 0.6) is 0 Å². The van der Waals surface area contributed by atoms with Crippen molar-refractivity contribution in [1.82, 2.24) is 9.78 Å². The van der Waals surface area contributed by atoms with Gasteiger partial charge in [0, 0.05) is 18.6 Å². The van der Waals surface area contributed by atoms with Gasteiger partial charge in [0.1, 0.15) is 0 Å². The fraction of sp³-hybridized carbons (Fsp3) is 0.364. The van der Waals surface area contributed by atoms with Crippen LogP contribution in [-0.2, 0) is 13.5 Å². The first kappa shape index (κ1) is 8.30. The average molecular weight is 174 g/mol. The summed E-state index contributed by atoms with van der Waals surface area (Å²) in [7, 11) is 1.97. The summed E-state index contributed by atoms with van der Waals surface area (Å²) in [6.45, 7) is 4.29. The Kier molecular flexibility index (Phi) is 1.83. The Morgan fingerprint density at radius 1 is 1.38 bits per heavy atom. The van der Waals surface area contributed by atoms with Crippen molar-refractivity contribution in [3.8, 4) is 0 Å². The monoisotopic (exact) mass is 174 g/mol. The van der Waals surface area contributed by atoms with E-state index >= 15 is 0 Å². The average Bonchev–Trinajstić information content (AvgIpc) is 2.48. The van der Waals surface area contributed by atoms with E-state index in [2.05, 4.69) is 37.3 Å². The molecule has 13 heavy (non-hydrogen) atoms. The second-order valence-corrected chi connectivity index (χ2v) is 3.46. The Labute approximate surface area is 78.2 Å². The summed E-state index contributed by atoms with van der Waals surface area (Å²) < 4.78 is 1.89. The lowest BCUT2D eigenvalue weighted by atomic mass is 10.1. The molecule has 1 heterocycles. The SMILES string of the molecule is CCc1ccc(C)c2cn(C)nc12. The summed E-state index contributed by atoms with van der Waals surface area (Å²) in [5.74, 6) is 0. The van der Waals surface area contributed by atoms with Crippen molar-refractivity contribution in [2.45, 2.75) is 20.3 Å². The lowest BCUT2D eigenvalue weighted by molar-refractivity contribution is 0.778. The van der Waals surface area contributed by atoms with Crippen molar-refractivity contribution in [3.63, 3.8) is 0 Å². The maximum absolute atomic E-state index is 4.46. The van der Waals surface area contributed by atoms with E-state index in [-0.39, 0.29) is 0 Å². The molecule has 1 aromatic heterocycles. The second-order valence-electron chi connectivity index (χ2n) is 3.46. The molecule has 0 fully saturated rings. The second kappa shape index (κ2) is 2.87. The molecule has 0 aliphatic rings. The Morgan fingerprint density at radius 3 is 2.85 bits per heavy atom. The number of fused-ring (bicyclic) bond motifs is 1. The molecule has 0 atom stereocenters. The third-order valence-electron chi connectivity index (χ3n) is 2.47. The quantitative estimate of drug-likeness (QED) is 0.649. The number of aryl methyl sites for hydroxylation is 3. The van der Waals surface area contributed by atoms with Crippen molar-refractivity contribution in [2.75, 3.05) is 0 Å². The van der Waals surface area contributed by atoms with Crippen LogP contribution in [0.15, 0.2) is 18.3 Å². The van der Waals surface area contributed by atoms with Gasteiger partial charge in [0.15, 0.2) is 0 Å². The summed E-state index contributed by atoms with van der Waals surface area (Å²) in [4.78, 5) is 0. The molecule has 1 aromatic carbocycles. The van der Waals surface area contributed by atoms with Crippen LogP contribution in [0, 0.1) is 6.92 Å². The maximum Gasteiger partial charge on any atom is 0.0957 e. The molecule has 2 nitrogen and oxygen atoms in total. The van der Waals surface area contributed by atoms with Gasteiger partial charge in [-0.15, -0.1) is 0 Å². The predicted molar refractivity (Wildman–Crippen MR) is 54.8 cm³/mol. The zero-order valence-electron chi connectivity index (χ0n) is 8.33. The predicted octanol–water partition coefficient (Wildman–Crippen LogP) is 2.44. The van der Waals surface area contributed by atoms with Gasteiger partial charge < -0.3 is 0 Å². The first-order valence-electron chi connectivity index (χ1n) is 4.64. The molecule has 0 saturated carbocycles. The summed E-state index contributed by atoms with van der Waals surface area (Å²) in [6, 6.07) is 4.34. The highest BCUT2D eigenvalue weighted by molar-refractivity contribution is 5.84. The third-order valence-corrected chi connectivity index (χ3v) is 2.47. The molecule has 0 aliphatic carbocycles. The Balaban J connectivity index is 2.83. The van der Waals surface area contributed by atoms with Crippen molar-refractivity contribution in [1.29, 1.82) is 0 Å².